The highest BCUT2D eigenvalue weighted by atomic mass is 16.6. The van der Waals surface area contributed by atoms with Crippen LogP contribution in [0.3, 0.4) is 0 Å². The van der Waals surface area contributed by atoms with Crippen molar-refractivity contribution in [2.45, 2.75) is 0 Å². The molecule has 3 N–H and O–H groups in total. The molecule has 64 valence electrons. The molecule has 0 aromatic carbocycles. The van der Waals surface area contributed by atoms with E-state index in [9.17, 15) is 10.1 Å². The van der Waals surface area contributed by atoms with Gasteiger partial charge in [-0.15, -0.1) is 0 Å². The normalized spacial score (nSPS) is 10.8. The zero-order valence-corrected chi connectivity index (χ0v) is 6.23. The van der Waals surface area contributed by atoms with Crippen molar-refractivity contribution in [1.82, 2.24) is 10.2 Å². The lowest BCUT2D eigenvalue weighted by molar-refractivity contribution is -0.385. The Bertz CT molecular complexity index is 304. The third-order valence-electron chi connectivity index (χ3n) is 1.27. The van der Waals surface area contributed by atoms with Gasteiger partial charge in [0.15, 0.2) is 0 Å². The van der Waals surface area contributed by atoms with E-state index in [1.54, 1.807) is 6.08 Å². The standard InChI is InChI=1S/C6H8N4O2/c7-3-1-2-5-6(10(11)12)4-8-9-5/h1-2,4H,3,7H2,(H,8,9)/b2-1+. The highest BCUT2D eigenvalue weighted by Gasteiger charge is 2.12. The van der Waals surface area contributed by atoms with Gasteiger partial charge < -0.3 is 5.73 Å². The lowest BCUT2D eigenvalue weighted by atomic mass is 10.3. The average Bonchev–Trinajstić information content (AvgIpc) is 2.48. The number of rotatable bonds is 3. The fourth-order valence-corrected chi connectivity index (χ4v) is 0.744. The Morgan fingerprint density at radius 3 is 3.17 bits per heavy atom. The summed E-state index contributed by atoms with van der Waals surface area (Å²) in [6.07, 6.45) is 4.31. The van der Waals surface area contributed by atoms with Gasteiger partial charge in [-0.25, -0.2) is 0 Å². The molecule has 1 heterocycles. The van der Waals surface area contributed by atoms with E-state index in [4.69, 9.17) is 5.73 Å². The van der Waals surface area contributed by atoms with Crippen LogP contribution in [0.15, 0.2) is 12.3 Å². The minimum absolute atomic E-state index is 0.0419. The van der Waals surface area contributed by atoms with Crippen LogP contribution in [0, 0.1) is 10.1 Å². The number of hydrogen-bond donors (Lipinski definition) is 2. The first-order valence-corrected chi connectivity index (χ1v) is 3.30. The van der Waals surface area contributed by atoms with Crippen molar-refractivity contribution in [3.05, 3.63) is 28.1 Å². The Morgan fingerprint density at radius 2 is 2.58 bits per heavy atom. The summed E-state index contributed by atoms with van der Waals surface area (Å²) < 4.78 is 0. The summed E-state index contributed by atoms with van der Waals surface area (Å²) in [5.41, 5.74) is 5.50. The summed E-state index contributed by atoms with van der Waals surface area (Å²) in [4.78, 5) is 9.83. The number of nitrogens with zero attached hydrogens (tertiary/aromatic N) is 2. The maximum absolute atomic E-state index is 10.3. The Balaban J connectivity index is 2.91. The smallest absolute Gasteiger partial charge is 0.314 e. The molecule has 12 heavy (non-hydrogen) atoms. The van der Waals surface area contributed by atoms with Crippen LogP contribution in [0.4, 0.5) is 5.69 Å². The van der Waals surface area contributed by atoms with Gasteiger partial charge in [-0.2, -0.15) is 5.10 Å². The molecule has 0 radical (unpaired) electrons. The van der Waals surface area contributed by atoms with Gasteiger partial charge in [0.1, 0.15) is 11.9 Å². The molecular formula is C6H8N4O2. The molecule has 1 aromatic rings. The number of aromatic nitrogens is 2. The van der Waals surface area contributed by atoms with Crippen molar-refractivity contribution in [3.8, 4) is 0 Å². The number of nitro groups is 1. The Morgan fingerprint density at radius 1 is 1.83 bits per heavy atom. The summed E-state index contributed by atoms with van der Waals surface area (Å²) in [5, 5.41) is 16.4. The highest BCUT2D eigenvalue weighted by molar-refractivity contribution is 5.55. The van der Waals surface area contributed by atoms with Crippen molar-refractivity contribution in [1.29, 1.82) is 0 Å². The van der Waals surface area contributed by atoms with E-state index in [0.717, 1.165) is 6.20 Å². The van der Waals surface area contributed by atoms with E-state index in [1.165, 1.54) is 6.08 Å². The van der Waals surface area contributed by atoms with Gasteiger partial charge in [0, 0.05) is 6.54 Å². The van der Waals surface area contributed by atoms with Crippen molar-refractivity contribution in [2.75, 3.05) is 6.54 Å². The Hall–Kier alpha value is -1.69. The molecule has 6 heteroatoms. The van der Waals surface area contributed by atoms with E-state index in [-0.39, 0.29) is 5.69 Å². The first kappa shape index (κ1) is 8.41. The molecule has 1 aromatic heterocycles. The molecule has 0 atom stereocenters. The molecule has 0 saturated carbocycles. The Kier molecular flexibility index (Phi) is 2.54. The van der Waals surface area contributed by atoms with Crippen LogP contribution in [0.5, 0.6) is 0 Å². The van der Waals surface area contributed by atoms with Gasteiger partial charge in [0.25, 0.3) is 0 Å². The number of hydrogen-bond acceptors (Lipinski definition) is 4. The Labute approximate surface area is 68.2 Å². The fraction of sp³-hybridized carbons (Fsp3) is 0.167. The second kappa shape index (κ2) is 3.63. The van der Waals surface area contributed by atoms with Crippen molar-refractivity contribution < 1.29 is 4.92 Å². The molecule has 0 spiro atoms. The van der Waals surface area contributed by atoms with Crippen LogP contribution in [0.25, 0.3) is 6.08 Å². The van der Waals surface area contributed by atoms with Crippen LogP contribution < -0.4 is 5.73 Å². The predicted molar refractivity (Wildman–Crippen MR) is 43.3 cm³/mol. The molecule has 1 rings (SSSR count). The second-order valence-electron chi connectivity index (χ2n) is 2.06. The van der Waals surface area contributed by atoms with Crippen molar-refractivity contribution in [2.24, 2.45) is 5.73 Å². The molecule has 0 bridgehead atoms. The lowest BCUT2D eigenvalue weighted by Gasteiger charge is -1.86. The number of nitrogens with one attached hydrogen (secondary N) is 1. The van der Waals surface area contributed by atoms with E-state index in [1.807, 2.05) is 0 Å². The quantitative estimate of drug-likeness (QED) is 0.500. The average molecular weight is 168 g/mol. The van der Waals surface area contributed by atoms with Crippen LogP contribution in [-0.4, -0.2) is 21.7 Å². The minimum atomic E-state index is -0.500. The molecule has 0 aliphatic rings. The van der Waals surface area contributed by atoms with Crippen LogP contribution in [0.2, 0.25) is 0 Å². The lowest BCUT2D eigenvalue weighted by Crippen LogP contribution is -1.93. The first-order valence-electron chi connectivity index (χ1n) is 3.30. The van der Waals surface area contributed by atoms with Crippen molar-refractivity contribution >= 4 is 11.8 Å². The largest absolute Gasteiger partial charge is 0.327 e. The van der Waals surface area contributed by atoms with Crippen LogP contribution in [0.1, 0.15) is 5.69 Å². The van der Waals surface area contributed by atoms with Crippen LogP contribution >= 0.6 is 0 Å². The zero-order chi connectivity index (χ0) is 8.97. The monoisotopic (exact) mass is 168 g/mol. The minimum Gasteiger partial charge on any atom is -0.327 e. The molecule has 0 unspecified atom stereocenters. The zero-order valence-electron chi connectivity index (χ0n) is 6.23. The van der Waals surface area contributed by atoms with Gasteiger partial charge in [-0.05, 0) is 6.08 Å². The highest BCUT2D eigenvalue weighted by Crippen LogP contribution is 2.15. The van der Waals surface area contributed by atoms with Crippen LogP contribution in [-0.2, 0) is 0 Å². The van der Waals surface area contributed by atoms with E-state index in [2.05, 4.69) is 10.2 Å². The third-order valence-corrected chi connectivity index (χ3v) is 1.27. The topological polar surface area (TPSA) is 97.8 Å². The van der Waals surface area contributed by atoms with Crippen molar-refractivity contribution in [3.63, 3.8) is 0 Å². The molecule has 0 aliphatic heterocycles. The number of H-pyrrole nitrogens is 1. The SMILES string of the molecule is NC/C=C/c1[nH]ncc1[N+](=O)[O-]. The molecule has 6 nitrogen and oxygen atoms in total. The number of aromatic amines is 1. The molecule has 0 amide bonds. The first-order chi connectivity index (χ1) is 5.75. The second-order valence-corrected chi connectivity index (χ2v) is 2.06. The summed E-state index contributed by atoms with van der Waals surface area (Å²) in [6.45, 7) is 0.343. The summed E-state index contributed by atoms with van der Waals surface area (Å²) >= 11 is 0. The summed E-state index contributed by atoms with van der Waals surface area (Å²) in [5.74, 6) is 0. The third kappa shape index (κ3) is 1.67. The van der Waals surface area contributed by atoms with Gasteiger partial charge in [-0.1, -0.05) is 6.08 Å². The maximum Gasteiger partial charge on any atom is 0.314 e. The van der Waals surface area contributed by atoms with Gasteiger partial charge >= 0.3 is 5.69 Å². The van der Waals surface area contributed by atoms with E-state index < -0.39 is 4.92 Å². The molecule has 0 saturated heterocycles. The molecular weight excluding hydrogens is 160 g/mol. The van der Waals surface area contributed by atoms with Gasteiger partial charge in [0.2, 0.25) is 0 Å². The summed E-state index contributed by atoms with van der Waals surface area (Å²) in [7, 11) is 0. The number of nitrogens with two attached hydrogens (primary N) is 1. The summed E-state index contributed by atoms with van der Waals surface area (Å²) in [6, 6.07) is 0. The maximum atomic E-state index is 10.3. The fourth-order valence-electron chi connectivity index (χ4n) is 0.744. The van der Waals surface area contributed by atoms with E-state index in [0.29, 0.717) is 12.2 Å². The van der Waals surface area contributed by atoms with E-state index >= 15 is 0 Å². The van der Waals surface area contributed by atoms with Gasteiger partial charge in [-0.3, -0.25) is 15.2 Å². The molecule has 0 aliphatic carbocycles. The van der Waals surface area contributed by atoms with Gasteiger partial charge in [0.05, 0.1) is 4.92 Å². The molecule has 0 fully saturated rings. The predicted octanol–water partition coefficient (Wildman–Crippen LogP) is 0.290.